The first-order chi connectivity index (χ1) is 9.19. The van der Waals surface area contributed by atoms with E-state index in [9.17, 15) is 9.59 Å². The molecule has 2 amide bonds. The highest BCUT2D eigenvalue weighted by Gasteiger charge is 2.23. The fourth-order valence-corrected chi connectivity index (χ4v) is 1.59. The van der Waals surface area contributed by atoms with E-state index in [1.807, 2.05) is 6.92 Å². The summed E-state index contributed by atoms with van der Waals surface area (Å²) >= 11 is 0. The van der Waals surface area contributed by atoms with Crippen molar-refractivity contribution in [3.63, 3.8) is 0 Å². The Kier molecular flexibility index (Phi) is 4.52. The number of hydrogen-bond acceptors (Lipinski definition) is 3. The molecule has 0 aromatic heterocycles. The van der Waals surface area contributed by atoms with Gasteiger partial charge in [0.1, 0.15) is 6.61 Å². The molecule has 0 heterocycles. The third-order valence-electron chi connectivity index (χ3n) is 2.78. The third kappa shape index (κ3) is 4.37. The van der Waals surface area contributed by atoms with E-state index in [-0.39, 0.29) is 18.4 Å². The fourth-order valence-electron chi connectivity index (χ4n) is 1.59. The number of anilines is 1. The van der Waals surface area contributed by atoms with Gasteiger partial charge in [-0.15, -0.1) is 0 Å². The van der Waals surface area contributed by atoms with Crippen LogP contribution < -0.4 is 10.6 Å². The smallest absolute Gasteiger partial charge is 0.251 e. The van der Waals surface area contributed by atoms with Crippen LogP contribution in [0.3, 0.4) is 0 Å². The van der Waals surface area contributed by atoms with Gasteiger partial charge in [0.2, 0.25) is 5.91 Å². The van der Waals surface area contributed by atoms with E-state index in [2.05, 4.69) is 10.6 Å². The highest BCUT2D eigenvalue weighted by molar-refractivity contribution is 5.96. The predicted molar refractivity (Wildman–Crippen MR) is 72.1 cm³/mol. The number of benzene rings is 1. The maximum absolute atomic E-state index is 11.8. The maximum Gasteiger partial charge on any atom is 0.251 e. The normalized spacial score (nSPS) is 13.9. The van der Waals surface area contributed by atoms with Gasteiger partial charge in [-0.05, 0) is 44.0 Å². The van der Waals surface area contributed by atoms with Crippen molar-refractivity contribution < 1.29 is 14.3 Å². The molecule has 2 N–H and O–H groups in total. The monoisotopic (exact) mass is 262 g/mol. The van der Waals surface area contributed by atoms with E-state index in [1.54, 1.807) is 24.3 Å². The van der Waals surface area contributed by atoms with Crippen LogP contribution in [0.4, 0.5) is 5.69 Å². The van der Waals surface area contributed by atoms with Crippen molar-refractivity contribution in [1.29, 1.82) is 0 Å². The van der Waals surface area contributed by atoms with Gasteiger partial charge in [-0.2, -0.15) is 0 Å². The molecule has 1 aliphatic carbocycles. The molecule has 0 atom stereocenters. The van der Waals surface area contributed by atoms with Gasteiger partial charge in [0.25, 0.3) is 5.91 Å². The Bertz CT molecular complexity index is 452. The molecule has 1 aromatic carbocycles. The maximum atomic E-state index is 11.8. The molecule has 5 heteroatoms. The van der Waals surface area contributed by atoms with E-state index < -0.39 is 0 Å². The van der Waals surface area contributed by atoms with Crippen molar-refractivity contribution in [2.75, 3.05) is 18.5 Å². The quantitative estimate of drug-likeness (QED) is 0.817. The van der Waals surface area contributed by atoms with Gasteiger partial charge in [-0.25, -0.2) is 0 Å². The summed E-state index contributed by atoms with van der Waals surface area (Å²) in [4.78, 5) is 23.2. The summed E-state index contributed by atoms with van der Waals surface area (Å²) in [5.41, 5.74) is 1.27. The van der Waals surface area contributed by atoms with Crippen LogP contribution in [0.15, 0.2) is 24.3 Å². The molecule has 0 unspecified atom stereocenters. The van der Waals surface area contributed by atoms with Gasteiger partial charge in [0.15, 0.2) is 0 Å². The SMILES string of the molecule is CCOCC(=O)Nc1ccc(C(=O)NC2CC2)cc1. The molecule has 1 fully saturated rings. The van der Waals surface area contributed by atoms with Crippen LogP contribution in [-0.2, 0) is 9.53 Å². The summed E-state index contributed by atoms with van der Waals surface area (Å²) in [6, 6.07) is 7.18. The van der Waals surface area contributed by atoms with Gasteiger partial charge >= 0.3 is 0 Å². The molecule has 0 aliphatic heterocycles. The average molecular weight is 262 g/mol. The molecular weight excluding hydrogens is 244 g/mol. The topological polar surface area (TPSA) is 67.4 Å². The molecule has 19 heavy (non-hydrogen) atoms. The van der Waals surface area contributed by atoms with Gasteiger partial charge in [-0.3, -0.25) is 9.59 Å². The third-order valence-corrected chi connectivity index (χ3v) is 2.78. The molecule has 1 aromatic rings. The van der Waals surface area contributed by atoms with Crippen LogP contribution in [-0.4, -0.2) is 31.1 Å². The summed E-state index contributed by atoms with van der Waals surface area (Å²) in [5, 5.41) is 5.61. The molecule has 0 bridgehead atoms. The van der Waals surface area contributed by atoms with Crippen LogP contribution in [0.25, 0.3) is 0 Å². The van der Waals surface area contributed by atoms with Crippen molar-refractivity contribution in [2.24, 2.45) is 0 Å². The van der Waals surface area contributed by atoms with Gasteiger partial charge in [-0.1, -0.05) is 0 Å². The summed E-state index contributed by atoms with van der Waals surface area (Å²) in [5.74, 6) is -0.258. The standard InChI is InChI=1S/C14H18N2O3/c1-2-19-9-13(17)15-11-5-3-10(4-6-11)14(18)16-12-7-8-12/h3-6,12H,2,7-9H2,1H3,(H,15,17)(H,16,18). The van der Waals surface area contributed by atoms with E-state index in [4.69, 9.17) is 4.74 Å². The lowest BCUT2D eigenvalue weighted by molar-refractivity contribution is -0.120. The Labute approximate surface area is 112 Å². The van der Waals surface area contributed by atoms with E-state index >= 15 is 0 Å². The number of rotatable bonds is 6. The van der Waals surface area contributed by atoms with Gasteiger partial charge in [0.05, 0.1) is 0 Å². The van der Waals surface area contributed by atoms with Gasteiger partial charge in [0, 0.05) is 23.9 Å². The lowest BCUT2D eigenvalue weighted by Crippen LogP contribution is -2.25. The molecule has 2 rings (SSSR count). The number of amides is 2. The van der Waals surface area contributed by atoms with Crippen LogP contribution >= 0.6 is 0 Å². The van der Waals surface area contributed by atoms with E-state index in [0.717, 1.165) is 12.8 Å². The van der Waals surface area contributed by atoms with Gasteiger partial charge < -0.3 is 15.4 Å². The van der Waals surface area contributed by atoms with Crippen molar-refractivity contribution in [3.05, 3.63) is 29.8 Å². The minimum absolute atomic E-state index is 0.0421. The number of ether oxygens (including phenoxy) is 1. The molecule has 5 nitrogen and oxygen atoms in total. The average Bonchev–Trinajstić information content (AvgIpc) is 3.21. The lowest BCUT2D eigenvalue weighted by atomic mass is 10.2. The Hall–Kier alpha value is -1.88. The summed E-state index contributed by atoms with van der Waals surface area (Å²) in [7, 11) is 0. The summed E-state index contributed by atoms with van der Waals surface area (Å²) in [6.07, 6.45) is 2.13. The van der Waals surface area contributed by atoms with Crippen molar-refractivity contribution in [3.8, 4) is 0 Å². The number of carbonyl (C=O) groups excluding carboxylic acids is 2. The molecule has 0 spiro atoms. The van der Waals surface area contributed by atoms with Crippen LogP contribution in [0.1, 0.15) is 30.1 Å². The minimum Gasteiger partial charge on any atom is -0.372 e. The lowest BCUT2D eigenvalue weighted by Gasteiger charge is -2.07. The molecule has 1 saturated carbocycles. The highest BCUT2D eigenvalue weighted by Crippen LogP contribution is 2.19. The fraction of sp³-hybridized carbons (Fsp3) is 0.429. The number of hydrogen-bond donors (Lipinski definition) is 2. The Morgan fingerprint density at radius 1 is 1.26 bits per heavy atom. The Morgan fingerprint density at radius 2 is 1.95 bits per heavy atom. The second kappa shape index (κ2) is 6.33. The second-order valence-electron chi connectivity index (χ2n) is 4.51. The molecular formula is C14H18N2O3. The Morgan fingerprint density at radius 3 is 2.53 bits per heavy atom. The van der Waals surface area contributed by atoms with E-state index in [1.165, 1.54) is 0 Å². The van der Waals surface area contributed by atoms with Crippen LogP contribution in [0.2, 0.25) is 0 Å². The van der Waals surface area contributed by atoms with Crippen LogP contribution in [0.5, 0.6) is 0 Å². The number of nitrogens with one attached hydrogen (secondary N) is 2. The predicted octanol–water partition coefficient (Wildman–Crippen LogP) is 1.55. The second-order valence-corrected chi connectivity index (χ2v) is 4.51. The molecule has 0 saturated heterocycles. The zero-order chi connectivity index (χ0) is 13.7. The Balaban J connectivity index is 1.86. The molecule has 1 aliphatic rings. The summed E-state index contributed by atoms with van der Waals surface area (Å²) in [6.45, 7) is 2.38. The first kappa shape index (κ1) is 13.5. The molecule has 0 radical (unpaired) electrons. The van der Waals surface area contributed by atoms with Crippen molar-refractivity contribution in [2.45, 2.75) is 25.8 Å². The number of carbonyl (C=O) groups is 2. The first-order valence-corrected chi connectivity index (χ1v) is 6.47. The first-order valence-electron chi connectivity index (χ1n) is 6.47. The largest absolute Gasteiger partial charge is 0.372 e. The van der Waals surface area contributed by atoms with E-state index in [0.29, 0.717) is 23.9 Å². The minimum atomic E-state index is -0.197. The van der Waals surface area contributed by atoms with Crippen molar-refractivity contribution in [1.82, 2.24) is 5.32 Å². The zero-order valence-corrected chi connectivity index (χ0v) is 10.9. The van der Waals surface area contributed by atoms with Crippen LogP contribution in [0, 0.1) is 0 Å². The highest BCUT2D eigenvalue weighted by atomic mass is 16.5. The van der Waals surface area contributed by atoms with Crippen molar-refractivity contribution >= 4 is 17.5 Å². The zero-order valence-electron chi connectivity index (χ0n) is 10.9. The molecule has 102 valence electrons. The summed E-state index contributed by atoms with van der Waals surface area (Å²) < 4.78 is 5.00.